The molecule has 0 aromatic carbocycles. The first-order valence-electron chi connectivity index (χ1n) is 5.93. The van der Waals surface area contributed by atoms with Crippen LogP contribution >= 0.6 is 34.0 Å². The monoisotopic (exact) mass is 320 g/mol. The number of anilines is 1. The molecule has 3 heterocycles. The molecule has 0 bridgehead atoms. The van der Waals surface area contributed by atoms with Crippen LogP contribution in [0.3, 0.4) is 0 Å². The normalized spacial score (nSPS) is 11.8. The van der Waals surface area contributed by atoms with Gasteiger partial charge in [-0.3, -0.25) is 0 Å². The van der Waals surface area contributed by atoms with Gasteiger partial charge >= 0.3 is 0 Å². The Morgan fingerprint density at radius 1 is 1.10 bits per heavy atom. The van der Waals surface area contributed by atoms with Gasteiger partial charge in [-0.15, -0.1) is 34.0 Å². The van der Waals surface area contributed by atoms with Crippen molar-refractivity contribution in [1.82, 2.24) is 15.0 Å². The molecule has 0 fully saturated rings. The molecule has 0 unspecified atom stereocenters. The lowest BCUT2D eigenvalue weighted by Crippen LogP contribution is -1.98. The van der Waals surface area contributed by atoms with E-state index in [0.717, 1.165) is 32.2 Å². The molecule has 3 rings (SSSR count). The molecule has 0 saturated heterocycles. The van der Waals surface area contributed by atoms with Gasteiger partial charge in [-0.25, -0.2) is 15.0 Å². The van der Waals surface area contributed by atoms with E-state index in [1.807, 2.05) is 36.1 Å². The third-order valence-corrected chi connectivity index (χ3v) is 5.02. The van der Waals surface area contributed by atoms with E-state index in [1.165, 1.54) is 0 Å². The Hall–Kier alpha value is -1.57. The SMILES string of the molecule is Cc1csc(/C=C(\Nc2nccs2)c2nc(C)cs2)n1. The Kier molecular flexibility index (Phi) is 3.90. The van der Waals surface area contributed by atoms with Gasteiger partial charge in [-0.1, -0.05) is 0 Å². The summed E-state index contributed by atoms with van der Waals surface area (Å²) in [6.45, 7) is 3.99. The first kappa shape index (κ1) is 13.4. The summed E-state index contributed by atoms with van der Waals surface area (Å²) in [5, 5.41) is 12.1. The van der Waals surface area contributed by atoms with Crippen LogP contribution in [0.15, 0.2) is 22.3 Å². The predicted molar refractivity (Wildman–Crippen MR) is 87.3 cm³/mol. The number of aryl methyl sites for hydroxylation is 2. The molecule has 0 aliphatic carbocycles. The molecule has 4 nitrogen and oxygen atoms in total. The quantitative estimate of drug-likeness (QED) is 0.779. The van der Waals surface area contributed by atoms with E-state index >= 15 is 0 Å². The second kappa shape index (κ2) is 5.82. The molecule has 0 aliphatic heterocycles. The van der Waals surface area contributed by atoms with Crippen LogP contribution in [0.5, 0.6) is 0 Å². The van der Waals surface area contributed by atoms with Crippen LogP contribution in [-0.2, 0) is 0 Å². The fraction of sp³-hybridized carbons (Fsp3) is 0.154. The topological polar surface area (TPSA) is 50.7 Å². The van der Waals surface area contributed by atoms with Crippen molar-refractivity contribution in [2.45, 2.75) is 13.8 Å². The van der Waals surface area contributed by atoms with E-state index < -0.39 is 0 Å². The summed E-state index contributed by atoms with van der Waals surface area (Å²) in [5.74, 6) is 0. The smallest absolute Gasteiger partial charge is 0.187 e. The van der Waals surface area contributed by atoms with Gasteiger partial charge in [0.05, 0.1) is 5.70 Å². The summed E-state index contributed by atoms with van der Waals surface area (Å²) in [6.07, 6.45) is 3.81. The molecule has 0 spiro atoms. The lowest BCUT2D eigenvalue weighted by molar-refractivity contribution is 1.23. The third-order valence-electron chi connectivity index (χ3n) is 2.43. The molecule has 1 N–H and O–H groups in total. The van der Waals surface area contributed by atoms with E-state index in [-0.39, 0.29) is 0 Å². The highest BCUT2D eigenvalue weighted by atomic mass is 32.1. The minimum absolute atomic E-state index is 0.859. The van der Waals surface area contributed by atoms with Crippen molar-refractivity contribution < 1.29 is 0 Å². The fourth-order valence-corrected chi connectivity index (χ4v) is 3.63. The average molecular weight is 320 g/mol. The van der Waals surface area contributed by atoms with Crippen LogP contribution in [-0.4, -0.2) is 15.0 Å². The number of hydrogen-bond donors (Lipinski definition) is 1. The second-order valence-electron chi connectivity index (χ2n) is 4.14. The lowest BCUT2D eigenvalue weighted by atomic mass is 10.4. The Bertz CT molecular complexity index is 724. The summed E-state index contributed by atoms with van der Waals surface area (Å²) in [6, 6.07) is 0. The van der Waals surface area contributed by atoms with Crippen molar-refractivity contribution in [2.24, 2.45) is 0 Å². The van der Waals surface area contributed by atoms with Gasteiger partial charge in [0.2, 0.25) is 0 Å². The Balaban J connectivity index is 1.96. The number of nitrogens with zero attached hydrogens (tertiary/aromatic N) is 3. The van der Waals surface area contributed by atoms with E-state index in [2.05, 4.69) is 20.3 Å². The highest BCUT2D eigenvalue weighted by Gasteiger charge is 2.09. The minimum atomic E-state index is 0.859. The Labute approximate surface area is 128 Å². The molecule has 3 aromatic heterocycles. The Morgan fingerprint density at radius 2 is 1.90 bits per heavy atom. The predicted octanol–water partition coefficient (Wildman–Crippen LogP) is 4.28. The molecule has 0 amide bonds. The van der Waals surface area contributed by atoms with Crippen molar-refractivity contribution in [1.29, 1.82) is 0 Å². The number of hydrogen-bond acceptors (Lipinski definition) is 7. The highest BCUT2D eigenvalue weighted by Crippen LogP contribution is 2.26. The van der Waals surface area contributed by atoms with Crippen LogP contribution in [0.1, 0.15) is 21.4 Å². The standard InChI is InChI=1S/C13H12N4S3/c1-8-6-19-11(15-8)5-10(12-16-9(2)7-20-12)17-13-14-3-4-18-13/h3-7H,1-2H3,(H,14,17)/b10-5-. The minimum Gasteiger partial charge on any atom is -0.329 e. The van der Waals surface area contributed by atoms with Crippen LogP contribution in [0.25, 0.3) is 11.8 Å². The summed E-state index contributed by atoms with van der Waals surface area (Å²) < 4.78 is 0. The molecule has 0 saturated carbocycles. The molecule has 0 atom stereocenters. The first-order chi connectivity index (χ1) is 9.70. The first-order valence-corrected chi connectivity index (χ1v) is 8.57. The number of rotatable bonds is 4. The van der Waals surface area contributed by atoms with Gasteiger partial charge in [0.25, 0.3) is 0 Å². The van der Waals surface area contributed by atoms with Gasteiger partial charge in [-0.2, -0.15) is 0 Å². The highest BCUT2D eigenvalue weighted by molar-refractivity contribution is 7.14. The average Bonchev–Trinajstić information content (AvgIpc) is 3.12. The van der Waals surface area contributed by atoms with Crippen LogP contribution in [0, 0.1) is 13.8 Å². The molecule has 0 aliphatic rings. The number of nitrogens with one attached hydrogen (secondary N) is 1. The molecule has 7 heteroatoms. The van der Waals surface area contributed by atoms with Gasteiger partial charge in [0.1, 0.15) is 10.0 Å². The van der Waals surface area contributed by atoms with Crippen LogP contribution in [0.4, 0.5) is 5.13 Å². The zero-order chi connectivity index (χ0) is 13.9. The molecular formula is C13H12N4S3. The van der Waals surface area contributed by atoms with Crippen molar-refractivity contribution >= 4 is 50.9 Å². The maximum Gasteiger partial charge on any atom is 0.187 e. The summed E-state index contributed by atoms with van der Waals surface area (Å²) in [5.41, 5.74) is 2.99. The maximum atomic E-state index is 4.54. The largest absolute Gasteiger partial charge is 0.329 e. The maximum absolute atomic E-state index is 4.54. The zero-order valence-electron chi connectivity index (χ0n) is 11.0. The van der Waals surface area contributed by atoms with Crippen molar-refractivity contribution in [2.75, 3.05) is 5.32 Å². The van der Waals surface area contributed by atoms with Gasteiger partial charge in [0.15, 0.2) is 5.13 Å². The van der Waals surface area contributed by atoms with Gasteiger partial charge in [0, 0.05) is 39.8 Å². The fourth-order valence-electron chi connectivity index (χ4n) is 1.59. The van der Waals surface area contributed by atoms with Gasteiger partial charge in [-0.05, 0) is 13.8 Å². The van der Waals surface area contributed by atoms with Crippen LogP contribution in [0.2, 0.25) is 0 Å². The number of thiazole rings is 3. The molecule has 0 radical (unpaired) electrons. The summed E-state index contributed by atoms with van der Waals surface area (Å²) >= 11 is 4.81. The zero-order valence-corrected chi connectivity index (χ0v) is 13.4. The Morgan fingerprint density at radius 3 is 2.50 bits per heavy atom. The number of aromatic nitrogens is 3. The van der Waals surface area contributed by atoms with Crippen LogP contribution < -0.4 is 5.32 Å². The lowest BCUT2D eigenvalue weighted by Gasteiger charge is -2.04. The van der Waals surface area contributed by atoms with E-state index in [4.69, 9.17) is 0 Å². The summed E-state index contributed by atoms with van der Waals surface area (Å²) in [7, 11) is 0. The molecule has 102 valence electrons. The van der Waals surface area contributed by atoms with E-state index in [9.17, 15) is 0 Å². The molecule has 3 aromatic rings. The second-order valence-corrected chi connectivity index (χ2v) is 6.78. The van der Waals surface area contributed by atoms with Crippen molar-refractivity contribution in [3.8, 4) is 0 Å². The van der Waals surface area contributed by atoms with E-state index in [1.54, 1.807) is 40.2 Å². The van der Waals surface area contributed by atoms with E-state index in [0.29, 0.717) is 0 Å². The third kappa shape index (κ3) is 3.12. The van der Waals surface area contributed by atoms with Crippen molar-refractivity contribution in [3.05, 3.63) is 43.7 Å². The van der Waals surface area contributed by atoms with Crippen molar-refractivity contribution in [3.63, 3.8) is 0 Å². The molecule has 20 heavy (non-hydrogen) atoms. The van der Waals surface area contributed by atoms with Gasteiger partial charge < -0.3 is 5.32 Å². The molecular weight excluding hydrogens is 308 g/mol. The summed E-state index contributed by atoms with van der Waals surface area (Å²) in [4.78, 5) is 13.3.